The van der Waals surface area contributed by atoms with E-state index in [1.165, 1.54) is 30.5 Å². The topological polar surface area (TPSA) is 12.4 Å². The van der Waals surface area contributed by atoms with Crippen molar-refractivity contribution in [2.24, 2.45) is 16.3 Å². The van der Waals surface area contributed by atoms with Gasteiger partial charge in [-0.1, -0.05) is 27.4 Å². The third-order valence-corrected chi connectivity index (χ3v) is 2.83. The van der Waals surface area contributed by atoms with E-state index in [1.807, 2.05) is 0 Å². The van der Waals surface area contributed by atoms with E-state index >= 15 is 0 Å². The molecule has 0 radical (unpaired) electrons. The molecule has 0 spiro atoms. The van der Waals surface area contributed by atoms with Crippen LogP contribution in [0.25, 0.3) is 0 Å². The Morgan fingerprint density at radius 2 is 2.14 bits per heavy atom. The lowest BCUT2D eigenvalue weighted by Crippen LogP contribution is -2.14. The highest BCUT2D eigenvalue weighted by Gasteiger charge is 2.23. The summed E-state index contributed by atoms with van der Waals surface area (Å²) in [6.07, 6.45) is 3.79. The zero-order chi connectivity index (χ0) is 10.8. The normalized spacial score (nSPS) is 22.3. The van der Waals surface area contributed by atoms with Gasteiger partial charge in [-0.05, 0) is 37.2 Å². The van der Waals surface area contributed by atoms with Crippen LogP contribution in [0.15, 0.2) is 17.1 Å². The maximum Gasteiger partial charge on any atom is 0.0403 e. The van der Waals surface area contributed by atoms with Crippen molar-refractivity contribution in [1.82, 2.24) is 0 Å². The summed E-state index contributed by atoms with van der Waals surface area (Å²) in [5.74, 6) is 0.687. The minimum absolute atomic E-state index is 0.447. The Labute approximate surface area is 88.3 Å². The molecular weight excluding hydrogens is 170 g/mol. The molecule has 0 saturated carbocycles. The standard InChI is InChI=1S/C13H23N/c1-10(2)12-11(7-9-14-12)6-8-13(3,4)5/h11H,1,6-9H2,2-5H3. The highest BCUT2D eigenvalue weighted by Crippen LogP contribution is 2.29. The molecule has 1 heterocycles. The summed E-state index contributed by atoms with van der Waals surface area (Å²) in [7, 11) is 0. The van der Waals surface area contributed by atoms with Gasteiger partial charge in [-0.25, -0.2) is 0 Å². The smallest absolute Gasteiger partial charge is 0.0403 e. The summed E-state index contributed by atoms with van der Waals surface area (Å²) in [6, 6.07) is 0. The van der Waals surface area contributed by atoms with Gasteiger partial charge in [-0.15, -0.1) is 0 Å². The Morgan fingerprint density at radius 3 is 2.64 bits per heavy atom. The molecule has 80 valence electrons. The Morgan fingerprint density at radius 1 is 1.50 bits per heavy atom. The summed E-state index contributed by atoms with van der Waals surface area (Å²) in [5.41, 5.74) is 2.90. The number of nitrogens with zero attached hydrogens (tertiary/aromatic N) is 1. The lowest BCUT2D eigenvalue weighted by molar-refractivity contribution is 0.346. The van der Waals surface area contributed by atoms with Crippen molar-refractivity contribution in [2.75, 3.05) is 6.54 Å². The van der Waals surface area contributed by atoms with Crippen molar-refractivity contribution in [3.8, 4) is 0 Å². The maximum atomic E-state index is 4.53. The van der Waals surface area contributed by atoms with Gasteiger partial charge in [0.15, 0.2) is 0 Å². The first-order chi connectivity index (χ1) is 6.40. The molecule has 1 nitrogen and oxygen atoms in total. The van der Waals surface area contributed by atoms with Gasteiger partial charge < -0.3 is 0 Å². The van der Waals surface area contributed by atoms with Gasteiger partial charge in [0.2, 0.25) is 0 Å². The summed E-state index contributed by atoms with van der Waals surface area (Å²) in [4.78, 5) is 4.53. The van der Waals surface area contributed by atoms with Crippen molar-refractivity contribution in [3.63, 3.8) is 0 Å². The van der Waals surface area contributed by atoms with Gasteiger partial charge >= 0.3 is 0 Å². The highest BCUT2D eigenvalue weighted by atomic mass is 14.8. The molecule has 1 heteroatoms. The second kappa shape index (κ2) is 4.29. The predicted molar refractivity (Wildman–Crippen MR) is 63.9 cm³/mol. The molecular formula is C13H23N. The molecule has 0 aromatic carbocycles. The van der Waals surface area contributed by atoms with E-state index in [4.69, 9.17) is 0 Å². The number of aliphatic imine (C=N–C) groups is 1. The zero-order valence-corrected chi connectivity index (χ0v) is 10.1. The molecule has 1 aliphatic heterocycles. The Balaban J connectivity index is 2.47. The lowest BCUT2D eigenvalue weighted by Gasteiger charge is -2.21. The molecule has 0 aliphatic carbocycles. The number of hydrogen-bond acceptors (Lipinski definition) is 1. The van der Waals surface area contributed by atoms with Crippen molar-refractivity contribution in [2.45, 2.75) is 47.0 Å². The van der Waals surface area contributed by atoms with E-state index in [9.17, 15) is 0 Å². The fourth-order valence-electron chi connectivity index (χ4n) is 1.98. The van der Waals surface area contributed by atoms with E-state index < -0.39 is 0 Å². The third kappa shape index (κ3) is 3.28. The molecule has 0 aromatic rings. The van der Waals surface area contributed by atoms with E-state index in [2.05, 4.69) is 39.3 Å². The summed E-state index contributed by atoms with van der Waals surface area (Å²) < 4.78 is 0. The van der Waals surface area contributed by atoms with Gasteiger partial charge in [0.1, 0.15) is 0 Å². The zero-order valence-electron chi connectivity index (χ0n) is 10.1. The molecule has 0 amide bonds. The maximum absolute atomic E-state index is 4.53. The first-order valence-corrected chi connectivity index (χ1v) is 5.60. The molecule has 0 N–H and O–H groups in total. The van der Waals surface area contributed by atoms with Crippen LogP contribution in [0, 0.1) is 11.3 Å². The van der Waals surface area contributed by atoms with Gasteiger partial charge in [-0.3, -0.25) is 4.99 Å². The average molecular weight is 193 g/mol. The molecule has 14 heavy (non-hydrogen) atoms. The summed E-state index contributed by atoms with van der Waals surface area (Å²) in [5, 5.41) is 0. The van der Waals surface area contributed by atoms with Crippen LogP contribution in [0.2, 0.25) is 0 Å². The fraction of sp³-hybridized carbons (Fsp3) is 0.769. The minimum atomic E-state index is 0.447. The second-order valence-corrected chi connectivity index (χ2v) is 5.63. The van der Waals surface area contributed by atoms with Crippen LogP contribution in [0.1, 0.15) is 47.0 Å². The van der Waals surface area contributed by atoms with E-state index in [1.54, 1.807) is 0 Å². The van der Waals surface area contributed by atoms with E-state index in [0.29, 0.717) is 11.3 Å². The first kappa shape index (κ1) is 11.5. The van der Waals surface area contributed by atoms with Crippen LogP contribution in [-0.2, 0) is 0 Å². The molecule has 0 saturated heterocycles. The second-order valence-electron chi connectivity index (χ2n) is 5.63. The number of allylic oxidation sites excluding steroid dienone is 1. The lowest BCUT2D eigenvalue weighted by atomic mass is 9.84. The SMILES string of the molecule is C=C(C)C1=NCCC1CCC(C)(C)C. The minimum Gasteiger partial charge on any atom is -0.289 e. The molecule has 0 bridgehead atoms. The monoisotopic (exact) mass is 193 g/mol. The summed E-state index contributed by atoms with van der Waals surface area (Å²) >= 11 is 0. The van der Waals surface area contributed by atoms with Crippen LogP contribution >= 0.6 is 0 Å². The van der Waals surface area contributed by atoms with Gasteiger partial charge in [-0.2, -0.15) is 0 Å². The van der Waals surface area contributed by atoms with Crippen molar-refractivity contribution in [1.29, 1.82) is 0 Å². The molecule has 1 aliphatic rings. The third-order valence-electron chi connectivity index (χ3n) is 2.83. The molecule has 1 rings (SSSR count). The largest absolute Gasteiger partial charge is 0.289 e. The highest BCUT2D eigenvalue weighted by molar-refractivity contribution is 6.01. The fourth-order valence-corrected chi connectivity index (χ4v) is 1.98. The predicted octanol–water partition coefficient (Wildman–Crippen LogP) is 3.85. The average Bonchev–Trinajstić information content (AvgIpc) is 2.46. The first-order valence-electron chi connectivity index (χ1n) is 5.60. The Kier molecular flexibility index (Phi) is 3.52. The van der Waals surface area contributed by atoms with E-state index in [-0.39, 0.29) is 0 Å². The van der Waals surface area contributed by atoms with Crippen LogP contribution < -0.4 is 0 Å². The molecule has 1 unspecified atom stereocenters. The Bertz CT molecular complexity index is 242. The van der Waals surface area contributed by atoms with Gasteiger partial charge in [0.05, 0.1) is 0 Å². The quantitative estimate of drug-likeness (QED) is 0.645. The molecule has 1 atom stereocenters. The molecule has 0 fully saturated rings. The number of hydrogen-bond donors (Lipinski definition) is 0. The van der Waals surface area contributed by atoms with Crippen molar-refractivity contribution >= 4 is 5.71 Å². The summed E-state index contributed by atoms with van der Waals surface area (Å²) in [6.45, 7) is 14.0. The van der Waals surface area contributed by atoms with Gasteiger partial charge in [0, 0.05) is 18.2 Å². The van der Waals surface area contributed by atoms with Crippen LogP contribution in [0.3, 0.4) is 0 Å². The number of rotatable bonds is 3. The van der Waals surface area contributed by atoms with Crippen molar-refractivity contribution in [3.05, 3.63) is 12.2 Å². The van der Waals surface area contributed by atoms with Crippen LogP contribution in [0.4, 0.5) is 0 Å². The van der Waals surface area contributed by atoms with Crippen LogP contribution in [0.5, 0.6) is 0 Å². The van der Waals surface area contributed by atoms with Crippen molar-refractivity contribution < 1.29 is 0 Å². The van der Waals surface area contributed by atoms with Crippen LogP contribution in [-0.4, -0.2) is 12.3 Å². The van der Waals surface area contributed by atoms with Gasteiger partial charge in [0.25, 0.3) is 0 Å². The molecule has 0 aromatic heterocycles. The Hall–Kier alpha value is -0.590. The van der Waals surface area contributed by atoms with E-state index in [0.717, 1.165) is 6.54 Å².